The number of para-hydroxylation sites is 1. The number of amides is 1. The van der Waals surface area contributed by atoms with E-state index in [9.17, 15) is 9.59 Å². The second-order valence-corrected chi connectivity index (χ2v) is 7.94. The van der Waals surface area contributed by atoms with Gasteiger partial charge in [0.05, 0.1) is 5.56 Å². The van der Waals surface area contributed by atoms with E-state index in [0.717, 1.165) is 10.9 Å². The highest BCUT2D eigenvalue weighted by molar-refractivity contribution is 6.04. The zero-order valence-corrected chi connectivity index (χ0v) is 18.3. The molecule has 0 saturated heterocycles. The fourth-order valence-electron chi connectivity index (χ4n) is 3.89. The van der Waals surface area contributed by atoms with E-state index in [0.29, 0.717) is 45.1 Å². The van der Waals surface area contributed by atoms with Crippen LogP contribution in [0.3, 0.4) is 0 Å². The first-order valence-electron chi connectivity index (χ1n) is 10.9. The van der Waals surface area contributed by atoms with Crippen LogP contribution in [0.1, 0.15) is 10.4 Å². The summed E-state index contributed by atoms with van der Waals surface area (Å²) in [6, 6.07) is 26.8. The lowest BCUT2D eigenvalue weighted by Crippen LogP contribution is -2.12. The summed E-state index contributed by atoms with van der Waals surface area (Å²) in [7, 11) is 0. The van der Waals surface area contributed by atoms with Crippen molar-refractivity contribution in [1.29, 1.82) is 0 Å². The number of oxazole rings is 1. The molecule has 1 amide bonds. The maximum absolute atomic E-state index is 12.9. The minimum atomic E-state index is -0.424. The molecule has 7 nitrogen and oxygen atoms in total. The van der Waals surface area contributed by atoms with Crippen LogP contribution in [0, 0.1) is 0 Å². The van der Waals surface area contributed by atoms with Gasteiger partial charge in [0.15, 0.2) is 11.2 Å². The van der Waals surface area contributed by atoms with Crippen molar-refractivity contribution >= 4 is 33.8 Å². The Bertz CT molecular complexity index is 1730. The third kappa shape index (κ3) is 3.95. The van der Waals surface area contributed by atoms with Gasteiger partial charge in [-0.15, -0.1) is 0 Å². The fraction of sp³-hybridized carbons (Fsp3) is 0. The largest absolute Gasteiger partial charge is 0.434 e. The van der Waals surface area contributed by atoms with Gasteiger partial charge in [0.2, 0.25) is 5.89 Å². The highest BCUT2D eigenvalue weighted by atomic mass is 16.4. The van der Waals surface area contributed by atoms with E-state index in [2.05, 4.69) is 15.3 Å². The van der Waals surface area contributed by atoms with Gasteiger partial charge in [-0.3, -0.25) is 4.79 Å². The number of carbonyl (C=O) groups is 1. The number of rotatable bonds is 4. The van der Waals surface area contributed by atoms with Crippen LogP contribution in [0.15, 0.2) is 111 Å². The molecule has 0 aliphatic heterocycles. The van der Waals surface area contributed by atoms with E-state index >= 15 is 0 Å². The normalized spacial score (nSPS) is 11.1. The molecule has 0 aliphatic carbocycles. The van der Waals surface area contributed by atoms with Crippen LogP contribution in [-0.2, 0) is 0 Å². The average molecular weight is 459 g/mol. The lowest BCUT2D eigenvalue weighted by molar-refractivity contribution is 0.102. The van der Waals surface area contributed by atoms with Crippen molar-refractivity contribution in [2.75, 3.05) is 5.32 Å². The number of benzene rings is 3. The van der Waals surface area contributed by atoms with E-state index in [4.69, 9.17) is 8.83 Å². The molecule has 0 spiro atoms. The summed E-state index contributed by atoms with van der Waals surface area (Å²) in [6.07, 6.45) is 1.66. The van der Waals surface area contributed by atoms with Crippen molar-refractivity contribution in [2.24, 2.45) is 0 Å². The Morgan fingerprint density at radius 1 is 0.771 bits per heavy atom. The van der Waals surface area contributed by atoms with Crippen molar-refractivity contribution in [3.05, 3.63) is 113 Å². The first-order chi connectivity index (χ1) is 17.1. The molecule has 0 atom stereocenters. The molecule has 3 heterocycles. The lowest BCUT2D eigenvalue weighted by atomic mass is 10.0. The topological polar surface area (TPSA) is 98.2 Å². The highest BCUT2D eigenvalue weighted by Crippen LogP contribution is 2.26. The first-order valence-corrected chi connectivity index (χ1v) is 10.9. The fourth-order valence-corrected chi connectivity index (χ4v) is 3.89. The van der Waals surface area contributed by atoms with Gasteiger partial charge in [-0.2, -0.15) is 4.98 Å². The smallest absolute Gasteiger partial charge is 0.344 e. The molecule has 7 heteroatoms. The number of carbonyl (C=O) groups excluding carboxylic acids is 1. The van der Waals surface area contributed by atoms with Crippen molar-refractivity contribution in [2.45, 2.75) is 0 Å². The molecule has 0 unspecified atom stereocenters. The minimum absolute atomic E-state index is 0.279. The molecule has 35 heavy (non-hydrogen) atoms. The van der Waals surface area contributed by atoms with Gasteiger partial charge in [-0.25, -0.2) is 9.78 Å². The average Bonchev–Trinajstić information content (AvgIpc) is 3.33. The van der Waals surface area contributed by atoms with Crippen LogP contribution >= 0.6 is 0 Å². The third-order valence-electron chi connectivity index (χ3n) is 5.63. The third-order valence-corrected chi connectivity index (χ3v) is 5.63. The summed E-state index contributed by atoms with van der Waals surface area (Å²) in [6.45, 7) is 0. The summed E-state index contributed by atoms with van der Waals surface area (Å²) in [4.78, 5) is 33.9. The van der Waals surface area contributed by atoms with Gasteiger partial charge in [0.25, 0.3) is 5.91 Å². The van der Waals surface area contributed by atoms with Gasteiger partial charge >= 0.3 is 5.63 Å². The van der Waals surface area contributed by atoms with E-state index < -0.39 is 5.63 Å². The Morgan fingerprint density at radius 3 is 2.46 bits per heavy atom. The molecule has 3 aromatic heterocycles. The van der Waals surface area contributed by atoms with Gasteiger partial charge in [0, 0.05) is 28.4 Å². The summed E-state index contributed by atoms with van der Waals surface area (Å²) < 4.78 is 11.2. The number of pyridine rings is 1. The van der Waals surface area contributed by atoms with E-state index in [-0.39, 0.29) is 5.91 Å². The van der Waals surface area contributed by atoms with Gasteiger partial charge in [-0.1, -0.05) is 36.4 Å². The van der Waals surface area contributed by atoms with Crippen LogP contribution in [0.25, 0.3) is 44.8 Å². The monoisotopic (exact) mass is 459 g/mol. The molecule has 0 fully saturated rings. The quantitative estimate of drug-likeness (QED) is 0.329. The number of anilines is 1. The predicted molar refractivity (Wildman–Crippen MR) is 133 cm³/mol. The number of hydrogen-bond acceptors (Lipinski definition) is 6. The second-order valence-electron chi connectivity index (χ2n) is 7.94. The van der Waals surface area contributed by atoms with Crippen LogP contribution in [0.4, 0.5) is 5.69 Å². The Balaban J connectivity index is 1.23. The molecule has 0 bridgehead atoms. The Hall–Kier alpha value is -5.04. The summed E-state index contributed by atoms with van der Waals surface area (Å²) in [5, 5.41) is 3.72. The zero-order valence-electron chi connectivity index (χ0n) is 18.3. The molecule has 1 N–H and O–H groups in total. The van der Waals surface area contributed by atoms with E-state index in [1.54, 1.807) is 66.9 Å². The first kappa shape index (κ1) is 20.6. The molecule has 168 valence electrons. The minimum Gasteiger partial charge on any atom is -0.434 e. The number of fused-ring (bicyclic) bond motifs is 2. The Kier molecular flexibility index (Phi) is 4.93. The molecular weight excluding hydrogens is 442 g/mol. The molecule has 6 aromatic rings. The standard InChI is InChI=1S/C28H17N3O4/c32-26(30-21-7-3-6-20(15-21)27-31-25-24(34-27)9-4-14-29-25)18-12-10-17(11-13-18)22-16-19-5-1-2-8-23(19)35-28(22)33/h1-16H,(H,30,32). The van der Waals surface area contributed by atoms with Crippen molar-refractivity contribution < 1.29 is 13.6 Å². The van der Waals surface area contributed by atoms with Crippen LogP contribution < -0.4 is 10.9 Å². The van der Waals surface area contributed by atoms with Crippen molar-refractivity contribution in [3.8, 4) is 22.6 Å². The predicted octanol–water partition coefficient (Wildman–Crippen LogP) is 5.92. The van der Waals surface area contributed by atoms with E-state index in [1.165, 1.54) is 0 Å². The highest BCUT2D eigenvalue weighted by Gasteiger charge is 2.12. The number of hydrogen-bond donors (Lipinski definition) is 1. The second kappa shape index (κ2) is 8.39. The molecule has 0 radical (unpaired) electrons. The summed E-state index contributed by atoms with van der Waals surface area (Å²) in [5.41, 5.74) is 4.12. The number of nitrogens with one attached hydrogen (secondary N) is 1. The van der Waals surface area contributed by atoms with Gasteiger partial charge in [0.1, 0.15) is 5.58 Å². The summed E-state index contributed by atoms with van der Waals surface area (Å²) >= 11 is 0. The lowest BCUT2D eigenvalue weighted by Gasteiger charge is -2.07. The van der Waals surface area contributed by atoms with Crippen LogP contribution in [-0.4, -0.2) is 15.9 Å². The number of nitrogens with zero attached hydrogens (tertiary/aromatic N) is 2. The van der Waals surface area contributed by atoms with Gasteiger partial charge in [-0.05, 0) is 60.2 Å². The molecule has 0 saturated carbocycles. The Morgan fingerprint density at radius 2 is 1.60 bits per heavy atom. The van der Waals surface area contributed by atoms with Gasteiger partial charge < -0.3 is 14.2 Å². The molecule has 0 aliphatic rings. The van der Waals surface area contributed by atoms with E-state index in [1.807, 2.05) is 30.3 Å². The summed E-state index contributed by atoms with van der Waals surface area (Å²) in [5.74, 6) is 0.145. The van der Waals surface area contributed by atoms with Crippen molar-refractivity contribution in [3.63, 3.8) is 0 Å². The van der Waals surface area contributed by atoms with Crippen LogP contribution in [0.2, 0.25) is 0 Å². The molecule has 3 aromatic carbocycles. The molecule has 6 rings (SSSR count). The number of aromatic nitrogens is 2. The maximum Gasteiger partial charge on any atom is 0.344 e. The molecular formula is C28H17N3O4. The van der Waals surface area contributed by atoms with Crippen LogP contribution in [0.5, 0.6) is 0 Å². The SMILES string of the molecule is O=C(Nc1cccc(-c2nc3ncccc3o2)c1)c1ccc(-c2cc3ccccc3oc2=O)cc1. The maximum atomic E-state index is 12.9. The zero-order chi connectivity index (χ0) is 23.8. The Labute approximate surface area is 198 Å². The van der Waals surface area contributed by atoms with Crippen molar-refractivity contribution in [1.82, 2.24) is 9.97 Å².